The number of carbonyl (C=O) groups excluding carboxylic acids is 1. The van der Waals surface area contributed by atoms with Gasteiger partial charge in [0.05, 0.1) is 0 Å². The van der Waals surface area contributed by atoms with Gasteiger partial charge in [0.2, 0.25) is 0 Å². The van der Waals surface area contributed by atoms with Crippen molar-refractivity contribution in [1.29, 1.82) is 0 Å². The number of hydrogen-bond acceptors (Lipinski definition) is 5. The number of aromatic nitrogens is 2. The second-order valence-electron chi connectivity index (χ2n) is 4.49. The molecule has 1 heterocycles. The summed E-state index contributed by atoms with van der Waals surface area (Å²) < 4.78 is 27.3. The van der Waals surface area contributed by atoms with Crippen molar-refractivity contribution in [2.45, 2.75) is 43.7 Å². The summed E-state index contributed by atoms with van der Waals surface area (Å²) in [5, 5.41) is 6.42. The normalized spacial score (nSPS) is 15.2. The molecule has 1 aliphatic carbocycles. The van der Waals surface area contributed by atoms with Crippen LogP contribution in [0.1, 0.15) is 26.2 Å². The van der Waals surface area contributed by atoms with Crippen LogP contribution in [0.2, 0.25) is 0 Å². The third kappa shape index (κ3) is 3.37. The topological polar surface area (TPSA) is 119 Å². The Bertz CT molecular complexity index is 576. The van der Waals surface area contributed by atoms with Gasteiger partial charge in [-0.05, 0) is 19.3 Å². The van der Waals surface area contributed by atoms with Crippen molar-refractivity contribution in [2.24, 2.45) is 0 Å². The summed E-state index contributed by atoms with van der Waals surface area (Å²) in [6, 6.07) is -0.652. The third-order valence-electron chi connectivity index (χ3n) is 2.64. The maximum atomic E-state index is 12.0. The zero-order valence-electron chi connectivity index (χ0n) is 10.6. The quantitative estimate of drug-likeness (QED) is 0.705. The molecule has 0 aliphatic heterocycles. The van der Waals surface area contributed by atoms with Crippen LogP contribution in [0.4, 0.5) is 10.6 Å². The van der Waals surface area contributed by atoms with Crippen molar-refractivity contribution >= 4 is 21.9 Å². The highest BCUT2D eigenvalue weighted by molar-refractivity contribution is 7.90. The van der Waals surface area contributed by atoms with Gasteiger partial charge < -0.3 is 11.1 Å². The van der Waals surface area contributed by atoms with Gasteiger partial charge in [0.25, 0.3) is 10.0 Å². The highest BCUT2D eigenvalue weighted by Crippen LogP contribution is 2.19. The molecule has 0 saturated heterocycles. The molecule has 0 aromatic carbocycles. The molecule has 2 rings (SSSR count). The molecule has 0 bridgehead atoms. The first kappa shape index (κ1) is 13.7. The van der Waals surface area contributed by atoms with Gasteiger partial charge in [0.15, 0.2) is 5.82 Å². The summed E-state index contributed by atoms with van der Waals surface area (Å²) in [6.07, 6.45) is 3.88. The van der Waals surface area contributed by atoms with Gasteiger partial charge in [-0.15, -0.1) is 0 Å². The largest absolute Gasteiger partial charge is 0.381 e. The van der Waals surface area contributed by atoms with E-state index in [1.54, 1.807) is 0 Å². The van der Waals surface area contributed by atoms with E-state index < -0.39 is 16.1 Å². The fraction of sp³-hybridized carbons (Fsp3) is 0.600. The molecule has 1 fully saturated rings. The van der Waals surface area contributed by atoms with Crippen LogP contribution in [0, 0.1) is 0 Å². The number of sulfonamides is 1. The average molecular weight is 287 g/mol. The van der Waals surface area contributed by atoms with E-state index in [9.17, 15) is 13.2 Å². The Morgan fingerprint density at radius 3 is 2.84 bits per heavy atom. The summed E-state index contributed by atoms with van der Waals surface area (Å²) in [6.45, 7) is 2.50. The smallest absolute Gasteiger partial charge is 0.328 e. The standard InChI is InChI=1S/C10H17N5O3S/c1-2-5-15-6-8(9(11)13-15)19(17,18)14-10(16)12-7-3-4-7/h6-7H,2-5H2,1H3,(H2,11,13)(H2,12,14,16). The van der Waals surface area contributed by atoms with E-state index in [1.165, 1.54) is 10.9 Å². The van der Waals surface area contributed by atoms with Crippen LogP contribution in [0.5, 0.6) is 0 Å². The maximum Gasteiger partial charge on any atom is 0.328 e. The summed E-state index contributed by atoms with van der Waals surface area (Å²) in [5.74, 6) is -0.111. The van der Waals surface area contributed by atoms with E-state index in [-0.39, 0.29) is 16.8 Å². The highest BCUT2D eigenvalue weighted by atomic mass is 32.2. The van der Waals surface area contributed by atoms with Gasteiger partial charge in [-0.3, -0.25) is 4.68 Å². The van der Waals surface area contributed by atoms with E-state index in [0.717, 1.165) is 19.3 Å². The SMILES string of the molecule is CCCn1cc(S(=O)(=O)NC(=O)NC2CC2)c(N)n1. The minimum Gasteiger partial charge on any atom is -0.381 e. The average Bonchev–Trinajstić information content (AvgIpc) is 3.00. The van der Waals surface area contributed by atoms with Crippen LogP contribution in [0.3, 0.4) is 0 Å². The van der Waals surface area contributed by atoms with Gasteiger partial charge in [-0.2, -0.15) is 5.10 Å². The van der Waals surface area contributed by atoms with E-state index in [1.807, 2.05) is 11.6 Å². The van der Waals surface area contributed by atoms with Crippen LogP contribution >= 0.6 is 0 Å². The van der Waals surface area contributed by atoms with Crippen molar-refractivity contribution in [3.05, 3.63) is 6.20 Å². The number of aryl methyl sites for hydroxylation is 1. The molecule has 106 valence electrons. The second kappa shape index (κ2) is 5.08. The lowest BCUT2D eigenvalue weighted by molar-refractivity contribution is 0.245. The number of anilines is 1. The fourth-order valence-electron chi connectivity index (χ4n) is 1.59. The molecular weight excluding hydrogens is 270 g/mol. The summed E-state index contributed by atoms with van der Waals surface area (Å²) >= 11 is 0. The van der Waals surface area contributed by atoms with Crippen molar-refractivity contribution in [3.8, 4) is 0 Å². The molecule has 4 N–H and O–H groups in total. The first-order chi connectivity index (χ1) is 8.92. The number of nitrogens with two attached hydrogens (primary N) is 1. The van der Waals surface area contributed by atoms with Crippen LogP contribution in [0.15, 0.2) is 11.1 Å². The van der Waals surface area contributed by atoms with Crippen LogP contribution < -0.4 is 15.8 Å². The number of urea groups is 1. The number of rotatable bonds is 5. The molecule has 1 aromatic heterocycles. The van der Waals surface area contributed by atoms with Gasteiger partial charge in [0, 0.05) is 18.8 Å². The molecule has 0 unspecified atom stereocenters. The van der Waals surface area contributed by atoms with Crippen LogP contribution in [0.25, 0.3) is 0 Å². The van der Waals surface area contributed by atoms with Crippen molar-refractivity contribution in [1.82, 2.24) is 19.8 Å². The van der Waals surface area contributed by atoms with E-state index in [4.69, 9.17) is 5.73 Å². The Labute approximate surface area is 111 Å². The Morgan fingerprint density at radius 1 is 1.58 bits per heavy atom. The molecule has 1 aromatic rings. The number of nitrogen functional groups attached to an aromatic ring is 1. The molecule has 0 spiro atoms. The molecule has 2 amide bonds. The number of hydrogen-bond donors (Lipinski definition) is 3. The number of amides is 2. The van der Waals surface area contributed by atoms with Gasteiger partial charge >= 0.3 is 6.03 Å². The first-order valence-corrected chi connectivity index (χ1v) is 7.57. The van der Waals surface area contributed by atoms with Gasteiger partial charge in [-0.25, -0.2) is 17.9 Å². The third-order valence-corrected chi connectivity index (χ3v) is 3.98. The van der Waals surface area contributed by atoms with E-state index in [2.05, 4.69) is 10.4 Å². The maximum absolute atomic E-state index is 12.0. The van der Waals surface area contributed by atoms with Crippen LogP contribution in [-0.4, -0.2) is 30.3 Å². The lowest BCUT2D eigenvalue weighted by atomic mass is 10.5. The monoisotopic (exact) mass is 287 g/mol. The Hall–Kier alpha value is -1.77. The number of carbonyl (C=O) groups is 1. The van der Waals surface area contributed by atoms with Crippen LogP contribution in [-0.2, 0) is 16.6 Å². The summed E-state index contributed by atoms with van der Waals surface area (Å²) in [5.41, 5.74) is 5.56. The van der Waals surface area contributed by atoms with E-state index >= 15 is 0 Å². The zero-order chi connectivity index (χ0) is 14.0. The second-order valence-corrected chi connectivity index (χ2v) is 6.15. The predicted molar refractivity (Wildman–Crippen MR) is 68.8 cm³/mol. The lowest BCUT2D eigenvalue weighted by Gasteiger charge is -2.06. The van der Waals surface area contributed by atoms with Gasteiger partial charge in [0.1, 0.15) is 4.90 Å². The van der Waals surface area contributed by atoms with Gasteiger partial charge in [-0.1, -0.05) is 6.92 Å². The Morgan fingerprint density at radius 2 is 2.26 bits per heavy atom. The minimum absolute atomic E-state index is 0.0790. The molecule has 1 aliphatic rings. The van der Waals surface area contributed by atoms with Crippen molar-refractivity contribution in [3.63, 3.8) is 0 Å². The Balaban J connectivity index is 2.11. The first-order valence-electron chi connectivity index (χ1n) is 6.08. The molecular formula is C10H17N5O3S. The summed E-state index contributed by atoms with van der Waals surface area (Å²) in [7, 11) is -3.98. The Kier molecular flexibility index (Phi) is 3.65. The molecule has 9 heteroatoms. The predicted octanol–water partition coefficient (Wildman–Crippen LogP) is 0.0256. The highest BCUT2D eigenvalue weighted by Gasteiger charge is 2.27. The molecule has 1 saturated carbocycles. The summed E-state index contributed by atoms with van der Waals surface area (Å²) in [4.78, 5) is 11.3. The van der Waals surface area contributed by atoms with Crippen molar-refractivity contribution in [2.75, 3.05) is 5.73 Å². The lowest BCUT2D eigenvalue weighted by Crippen LogP contribution is -2.40. The molecule has 19 heavy (non-hydrogen) atoms. The molecule has 0 atom stereocenters. The van der Waals surface area contributed by atoms with Crippen molar-refractivity contribution < 1.29 is 13.2 Å². The van der Waals surface area contributed by atoms with E-state index in [0.29, 0.717) is 6.54 Å². The molecule has 0 radical (unpaired) electrons. The zero-order valence-corrected chi connectivity index (χ0v) is 11.4. The fourth-order valence-corrected chi connectivity index (χ4v) is 2.58. The minimum atomic E-state index is -3.98. The number of nitrogens with one attached hydrogen (secondary N) is 2. The number of nitrogens with zero attached hydrogens (tertiary/aromatic N) is 2. The molecule has 8 nitrogen and oxygen atoms in total.